The van der Waals surface area contributed by atoms with E-state index < -0.39 is 0 Å². The summed E-state index contributed by atoms with van der Waals surface area (Å²) in [6.45, 7) is 0.832. The second kappa shape index (κ2) is 9.92. The van der Waals surface area contributed by atoms with Crippen LogP contribution >= 0.6 is 0 Å². The molecular weight excluding hydrogens is 268 g/mol. The molecule has 2 N–H and O–H groups in total. The van der Waals surface area contributed by atoms with Gasteiger partial charge < -0.3 is 15.1 Å². The monoisotopic (exact) mass is 290 g/mol. The molecule has 0 unspecified atom stereocenters. The van der Waals surface area contributed by atoms with Gasteiger partial charge in [0.05, 0.1) is 17.7 Å². The van der Waals surface area contributed by atoms with Crippen molar-refractivity contribution in [2.45, 2.75) is 25.7 Å². The molecule has 1 rings (SSSR count). The lowest BCUT2D eigenvalue weighted by Gasteiger charge is -2.17. The molecule has 114 valence electrons. The van der Waals surface area contributed by atoms with Gasteiger partial charge in [-0.1, -0.05) is 11.8 Å². The summed E-state index contributed by atoms with van der Waals surface area (Å²) in [6.07, 6.45) is 6.03. The minimum absolute atomic E-state index is 0.00129. The Morgan fingerprint density at radius 3 is 2.81 bits per heavy atom. The molecular formula is C16H22N2O3. The molecule has 0 aliphatic heterocycles. The first kappa shape index (κ1) is 17.2. The first-order chi connectivity index (χ1) is 10.2. The predicted octanol–water partition coefficient (Wildman–Crippen LogP) is 1.05. The van der Waals surface area contributed by atoms with Crippen LogP contribution < -0.4 is 0 Å². The van der Waals surface area contributed by atoms with Crippen LogP contribution in [0.15, 0.2) is 18.5 Å². The van der Waals surface area contributed by atoms with Gasteiger partial charge in [-0.15, -0.1) is 0 Å². The van der Waals surface area contributed by atoms with E-state index in [1.807, 2.05) is 0 Å². The molecule has 0 saturated carbocycles. The van der Waals surface area contributed by atoms with Gasteiger partial charge in [-0.25, -0.2) is 0 Å². The number of aromatic nitrogens is 1. The summed E-state index contributed by atoms with van der Waals surface area (Å²) in [5.74, 6) is 5.59. The summed E-state index contributed by atoms with van der Waals surface area (Å²) in [5.41, 5.74) is 1.11. The Bertz CT molecular complexity index is 506. The largest absolute Gasteiger partial charge is 0.396 e. The number of aliphatic hydroxyl groups is 2. The van der Waals surface area contributed by atoms with Gasteiger partial charge in [0.1, 0.15) is 0 Å². The Hall–Kier alpha value is -1.90. The van der Waals surface area contributed by atoms with Crippen LogP contribution in [0.1, 0.15) is 41.6 Å². The summed E-state index contributed by atoms with van der Waals surface area (Å²) >= 11 is 0. The number of hydrogen-bond acceptors (Lipinski definition) is 4. The highest BCUT2D eigenvalue weighted by Crippen LogP contribution is 2.09. The summed E-state index contributed by atoms with van der Waals surface area (Å²) in [7, 11) is 1.76. The van der Waals surface area contributed by atoms with E-state index in [4.69, 9.17) is 10.2 Å². The molecule has 0 aliphatic carbocycles. The van der Waals surface area contributed by atoms with E-state index in [9.17, 15) is 4.79 Å². The van der Waals surface area contributed by atoms with Crippen LogP contribution in [0.5, 0.6) is 0 Å². The Morgan fingerprint density at radius 1 is 1.29 bits per heavy atom. The Labute approximate surface area is 125 Å². The summed E-state index contributed by atoms with van der Waals surface area (Å²) in [5, 5.41) is 17.5. The zero-order valence-electron chi connectivity index (χ0n) is 12.4. The van der Waals surface area contributed by atoms with Crippen molar-refractivity contribution in [3.05, 3.63) is 29.6 Å². The van der Waals surface area contributed by atoms with Crippen molar-refractivity contribution in [3.63, 3.8) is 0 Å². The standard InChI is InChI=1S/C16H22N2O3/c1-18(10-4-2-5-11-19)16(21)15-8-9-17-13-14(15)7-3-6-12-20/h8-9,13,19-20H,2,4-6,10-12H2,1H3. The summed E-state index contributed by atoms with van der Waals surface area (Å²) < 4.78 is 0. The second-order valence-electron chi connectivity index (χ2n) is 4.71. The smallest absolute Gasteiger partial charge is 0.254 e. The molecule has 0 saturated heterocycles. The third kappa shape index (κ3) is 5.94. The van der Waals surface area contributed by atoms with Crippen molar-refractivity contribution in [3.8, 4) is 11.8 Å². The van der Waals surface area contributed by atoms with Gasteiger partial charge in [-0.3, -0.25) is 9.78 Å². The Kier molecular flexibility index (Phi) is 8.10. The zero-order valence-corrected chi connectivity index (χ0v) is 12.4. The fourth-order valence-corrected chi connectivity index (χ4v) is 1.84. The first-order valence-electron chi connectivity index (χ1n) is 7.10. The van der Waals surface area contributed by atoms with Crippen molar-refractivity contribution in [1.82, 2.24) is 9.88 Å². The van der Waals surface area contributed by atoms with Gasteiger partial charge in [0, 0.05) is 39.0 Å². The topological polar surface area (TPSA) is 73.7 Å². The first-order valence-corrected chi connectivity index (χ1v) is 7.10. The highest BCUT2D eigenvalue weighted by atomic mass is 16.3. The summed E-state index contributed by atoms with van der Waals surface area (Å²) in [6, 6.07) is 1.66. The molecule has 5 nitrogen and oxygen atoms in total. The van der Waals surface area contributed by atoms with Gasteiger partial charge in [0.2, 0.25) is 0 Å². The number of aliphatic hydroxyl groups excluding tert-OH is 2. The minimum atomic E-state index is -0.0882. The molecule has 0 spiro atoms. The van der Waals surface area contributed by atoms with Crippen LogP contribution in [-0.4, -0.2) is 52.8 Å². The maximum atomic E-state index is 12.4. The predicted molar refractivity (Wildman–Crippen MR) is 80.7 cm³/mol. The number of carbonyl (C=O) groups excluding carboxylic acids is 1. The number of nitrogens with zero attached hydrogens (tertiary/aromatic N) is 2. The van der Waals surface area contributed by atoms with Crippen molar-refractivity contribution >= 4 is 5.91 Å². The van der Waals surface area contributed by atoms with E-state index >= 15 is 0 Å². The maximum absolute atomic E-state index is 12.4. The van der Waals surface area contributed by atoms with Gasteiger partial charge in [-0.05, 0) is 25.3 Å². The molecule has 0 radical (unpaired) electrons. The Morgan fingerprint density at radius 2 is 2.10 bits per heavy atom. The van der Waals surface area contributed by atoms with Crippen molar-refractivity contribution < 1.29 is 15.0 Å². The average Bonchev–Trinajstić information content (AvgIpc) is 2.51. The molecule has 5 heteroatoms. The number of unbranched alkanes of at least 4 members (excludes halogenated alkanes) is 2. The molecule has 1 aromatic rings. The van der Waals surface area contributed by atoms with E-state index in [-0.39, 0.29) is 19.1 Å². The normalized spacial score (nSPS) is 9.86. The second-order valence-corrected chi connectivity index (χ2v) is 4.71. The molecule has 21 heavy (non-hydrogen) atoms. The van der Waals surface area contributed by atoms with Crippen LogP contribution in [0.25, 0.3) is 0 Å². The quantitative estimate of drug-likeness (QED) is 0.581. The Balaban J connectivity index is 2.71. The third-order valence-corrected chi connectivity index (χ3v) is 3.01. The maximum Gasteiger partial charge on any atom is 0.254 e. The number of carbonyl (C=O) groups is 1. The van der Waals surface area contributed by atoms with Crippen molar-refractivity contribution in [2.24, 2.45) is 0 Å². The van der Waals surface area contributed by atoms with Crippen LogP contribution in [-0.2, 0) is 0 Å². The SMILES string of the molecule is CN(CCCCCO)C(=O)c1ccncc1C#CCCO. The van der Waals surface area contributed by atoms with Gasteiger partial charge in [0.15, 0.2) is 0 Å². The molecule has 1 heterocycles. The highest BCUT2D eigenvalue weighted by Gasteiger charge is 2.14. The summed E-state index contributed by atoms with van der Waals surface area (Å²) in [4.78, 5) is 18.0. The van der Waals surface area contributed by atoms with Crippen LogP contribution in [0, 0.1) is 11.8 Å². The average molecular weight is 290 g/mol. The minimum Gasteiger partial charge on any atom is -0.396 e. The number of hydrogen-bond donors (Lipinski definition) is 2. The number of pyridine rings is 1. The molecule has 1 amide bonds. The van der Waals surface area contributed by atoms with E-state index in [0.717, 1.165) is 19.3 Å². The molecule has 0 atom stereocenters. The van der Waals surface area contributed by atoms with Crippen LogP contribution in [0.4, 0.5) is 0 Å². The lowest BCUT2D eigenvalue weighted by atomic mass is 10.1. The van der Waals surface area contributed by atoms with Crippen molar-refractivity contribution in [2.75, 3.05) is 26.8 Å². The fourth-order valence-electron chi connectivity index (χ4n) is 1.84. The molecule has 0 aliphatic rings. The van der Waals surface area contributed by atoms with Gasteiger partial charge in [0.25, 0.3) is 5.91 Å². The van der Waals surface area contributed by atoms with Crippen LogP contribution in [0.3, 0.4) is 0 Å². The van der Waals surface area contributed by atoms with Crippen molar-refractivity contribution in [1.29, 1.82) is 0 Å². The fraction of sp³-hybridized carbons (Fsp3) is 0.500. The molecule has 0 bridgehead atoms. The highest BCUT2D eigenvalue weighted by molar-refractivity contribution is 5.96. The van der Waals surface area contributed by atoms with Gasteiger partial charge >= 0.3 is 0 Å². The third-order valence-electron chi connectivity index (χ3n) is 3.01. The lowest BCUT2D eigenvalue weighted by Crippen LogP contribution is -2.28. The van der Waals surface area contributed by atoms with E-state index in [1.165, 1.54) is 0 Å². The molecule has 0 aromatic carbocycles. The van der Waals surface area contributed by atoms with E-state index in [0.29, 0.717) is 24.1 Å². The van der Waals surface area contributed by atoms with E-state index in [2.05, 4.69) is 16.8 Å². The molecule has 0 fully saturated rings. The van der Waals surface area contributed by atoms with E-state index in [1.54, 1.807) is 30.4 Å². The van der Waals surface area contributed by atoms with Crippen LogP contribution in [0.2, 0.25) is 0 Å². The molecule has 1 aromatic heterocycles. The lowest BCUT2D eigenvalue weighted by molar-refractivity contribution is 0.0791. The number of amides is 1. The zero-order chi connectivity index (χ0) is 15.5. The van der Waals surface area contributed by atoms with Gasteiger partial charge in [-0.2, -0.15) is 0 Å². The number of rotatable bonds is 7.